The molecule has 30 heavy (non-hydrogen) atoms. The lowest BCUT2D eigenvalue weighted by molar-refractivity contribution is -0.385. The smallest absolute Gasteiger partial charge is 0.311 e. The quantitative estimate of drug-likeness (QED) is 0.209. The lowest BCUT2D eigenvalue weighted by Crippen LogP contribution is -2.05. The molecule has 0 aliphatic heterocycles. The molecule has 3 rings (SSSR count). The second-order valence-electron chi connectivity index (χ2n) is 5.76. The molecular weight excluding hydrogens is 457 g/mol. The van der Waals surface area contributed by atoms with Gasteiger partial charge in [-0.3, -0.25) is 14.9 Å². The van der Waals surface area contributed by atoms with Crippen molar-refractivity contribution in [2.45, 2.75) is 0 Å². The summed E-state index contributed by atoms with van der Waals surface area (Å²) in [6, 6.07) is 15.0. The number of nitrogens with zero attached hydrogens (tertiary/aromatic N) is 1. The minimum absolute atomic E-state index is 0.101. The number of nitro groups is 1. The lowest BCUT2D eigenvalue weighted by atomic mass is 10.2. The predicted octanol–water partition coefficient (Wildman–Crippen LogP) is 6.63. The fourth-order valence-electron chi connectivity index (χ4n) is 2.38. The average Bonchev–Trinajstić information content (AvgIpc) is 2.69. The summed E-state index contributed by atoms with van der Waals surface area (Å²) in [5.74, 6) is 0.795. The van der Waals surface area contributed by atoms with Crippen LogP contribution in [0.25, 0.3) is 0 Å². The number of rotatable bonds is 8. The highest BCUT2D eigenvalue weighted by Crippen LogP contribution is 2.40. The van der Waals surface area contributed by atoms with Gasteiger partial charge in [-0.2, -0.15) is 0 Å². The van der Waals surface area contributed by atoms with Crippen molar-refractivity contribution in [1.29, 1.82) is 0 Å². The Balaban J connectivity index is 1.93. The molecule has 0 amide bonds. The van der Waals surface area contributed by atoms with Gasteiger partial charge in [-0.15, -0.1) is 0 Å². The molecule has 0 atom stereocenters. The molecule has 0 aromatic heterocycles. The Bertz CT molecular complexity index is 1110. The molecule has 0 bridgehead atoms. The van der Waals surface area contributed by atoms with Crippen LogP contribution in [0, 0.1) is 10.1 Å². The molecule has 0 spiro atoms. The van der Waals surface area contributed by atoms with E-state index in [1.54, 1.807) is 24.3 Å². The molecule has 0 heterocycles. The second kappa shape index (κ2) is 9.67. The van der Waals surface area contributed by atoms with Crippen molar-refractivity contribution in [3.8, 4) is 28.7 Å². The van der Waals surface area contributed by atoms with Crippen LogP contribution in [0.3, 0.4) is 0 Å². The largest absolute Gasteiger partial charge is 0.481 e. The van der Waals surface area contributed by atoms with E-state index in [1.165, 1.54) is 36.4 Å². The number of hydrogen-bond acceptors (Lipinski definition) is 6. The molecule has 0 fully saturated rings. The van der Waals surface area contributed by atoms with E-state index in [2.05, 4.69) is 0 Å². The first kappa shape index (κ1) is 21.7. The number of benzene rings is 3. The second-order valence-corrected chi connectivity index (χ2v) is 7.02. The predicted molar refractivity (Wildman–Crippen MR) is 113 cm³/mol. The summed E-state index contributed by atoms with van der Waals surface area (Å²) in [4.78, 5) is 21.8. The third-order valence-corrected chi connectivity index (χ3v) is 4.30. The van der Waals surface area contributed by atoms with E-state index in [0.717, 1.165) is 0 Å². The molecule has 0 unspecified atom stereocenters. The van der Waals surface area contributed by atoms with Crippen LogP contribution >= 0.6 is 34.8 Å². The van der Waals surface area contributed by atoms with Crippen molar-refractivity contribution in [3.63, 3.8) is 0 Å². The molecular formula is C20H12Cl3NO6. The zero-order valence-corrected chi connectivity index (χ0v) is 17.3. The van der Waals surface area contributed by atoms with Crippen LogP contribution in [-0.4, -0.2) is 16.8 Å². The van der Waals surface area contributed by atoms with Gasteiger partial charge in [0.15, 0.2) is 18.1 Å². The summed E-state index contributed by atoms with van der Waals surface area (Å²) in [7, 11) is 0. The number of nitro benzene ring substituents is 1. The molecule has 0 saturated heterocycles. The maximum atomic E-state index is 11.4. The molecule has 0 saturated carbocycles. The van der Waals surface area contributed by atoms with Crippen LogP contribution in [0.4, 0.5) is 5.69 Å². The molecule has 154 valence electrons. The van der Waals surface area contributed by atoms with Crippen LogP contribution in [0.2, 0.25) is 10.0 Å². The van der Waals surface area contributed by atoms with Gasteiger partial charge in [0, 0.05) is 17.2 Å². The van der Waals surface area contributed by atoms with Crippen molar-refractivity contribution < 1.29 is 23.9 Å². The van der Waals surface area contributed by atoms with Gasteiger partial charge in [-0.05, 0) is 48.0 Å². The van der Waals surface area contributed by atoms with Crippen molar-refractivity contribution in [2.75, 3.05) is 6.61 Å². The third-order valence-electron chi connectivity index (χ3n) is 3.66. The van der Waals surface area contributed by atoms with Gasteiger partial charge in [0.2, 0.25) is 5.75 Å². The van der Waals surface area contributed by atoms with Gasteiger partial charge < -0.3 is 14.2 Å². The maximum Gasteiger partial charge on any atom is 0.311 e. The molecule has 10 heteroatoms. The van der Waals surface area contributed by atoms with E-state index in [0.29, 0.717) is 10.8 Å². The first-order chi connectivity index (χ1) is 14.3. The maximum absolute atomic E-state index is 11.4. The number of halogens is 3. The summed E-state index contributed by atoms with van der Waals surface area (Å²) < 4.78 is 16.7. The van der Waals surface area contributed by atoms with E-state index in [1.807, 2.05) is 0 Å². The van der Waals surface area contributed by atoms with E-state index < -0.39 is 10.2 Å². The van der Waals surface area contributed by atoms with Crippen LogP contribution in [0.15, 0.2) is 60.7 Å². The zero-order valence-electron chi connectivity index (χ0n) is 15.0. The molecule has 3 aromatic carbocycles. The Morgan fingerprint density at radius 1 is 0.900 bits per heavy atom. The first-order valence-electron chi connectivity index (χ1n) is 8.33. The van der Waals surface area contributed by atoms with E-state index >= 15 is 0 Å². The highest BCUT2D eigenvalue weighted by atomic mass is 35.5. The Morgan fingerprint density at radius 3 is 2.30 bits per heavy atom. The SMILES string of the molecule is O=C(Cl)COc1ccccc1Oc1cc(Oc2ccc(Cl)cc2Cl)ccc1[N+](=O)[O-]. The fraction of sp³-hybridized carbons (Fsp3) is 0.0500. The van der Waals surface area contributed by atoms with Crippen LogP contribution in [-0.2, 0) is 4.79 Å². The van der Waals surface area contributed by atoms with Gasteiger partial charge in [-0.25, -0.2) is 0 Å². The molecule has 0 radical (unpaired) electrons. The number of carbonyl (C=O) groups is 1. The first-order valence-corrected chi connectivity index (χ1v) is 9.46. The summed E-state index contributed by atoms with van der Waals surface area (Å²) in [5.41, 5.74) is -0.298. The fourth-order valence-corrected chi connectivity index (χ4v) is 2.88. The highest BCUT2D eigenvalue weighted by Gasteiger charge is 2.19. The molecule has 3 aromatic rings. The highest BCUT2D eigenvalue weighted by molar-refractivity contribution is 6.63. The normalized spacial score (nSPS) is 10.4. The zero-order chi connectivity index (χ0) is 21.7. The minimum Gasteiger partial charge on any atom is -0.481 e. The Hall–Kier alpha value is -3.00. The van der Waals surface area contributed by atoms with Gasteiger partial charge in [-0.1, -0.05) is 35.3 Å². The number of para-hydroxylation sites is 2. The lowest BCUT2D eigenvalue weighted by Gasteiger charge is -2.13. The van der Waals surface area contributed by atoms with Gasteiger partial charge >= 0.3 is 5.69 Å². The summed E-state index contributed by atoms with van der Waals surface area (Å²) in [6.07, 6.45) is 0. The molecule has 7 nitrogen and oxygen atoms in total. The summed E-state index contributed by atoms with van der Waals surface area (Å²) >= 11 is 17.3. The van der Waals surface area contributed by atoms with Crippen LogP contribution < -0.4 is 14.2 Å². The average molecular weight is 469 g/mol. The van der Waals surface area contributed by atoms with Crippen LogP contribution in [0.1, 0.15) is 0 Å². The topological polar surface area (TPSA) is 87.9 Å². The van der Waals surface area contributed by atoms with Crippen molar-refractivity contribution in [2.24, 2.45) is 0 Å². The standard InChI is InChI=1S/C20H12Cl3NO6/c21-12-5-8-16(14(22)9-12)29-13-6-7-15(24(26)27)19(10-13)30-18-4-2-1-3-17(18)28-11-20(23)25/h1-10H,11H2. The Labute approximate surface area is 185 Å². The summed E-state index contributed by atoms with van der Waals surface area (Å²) in [6.45, 7) is -0.387. The van der Waals surface area contributed by atoms with E-state index in [-0.39, 0.29) is 40.3 Å². The van der Waals surface area contributed by atoms with Gasteiger partial charge in [0.1, 0.15) is 11.5 Å². The Kier molecular flexibility index (Phi) is 6.99. The molecule has 0 aliphatic carbocycles. The van der Waals surface area contributed by atoms with Crippen LogP contribution in [0.5, 0.6) is 28.7 Å². The van der Waals surface area contributed by atoms with Crippen molar-refractivity contribution >= 4 is 45.7 Å². The Morgan fingerprint density at radius 2 is 1.63 bits per heavy atom. The van der Waals surface area contributed by atoms with Crippen molar-refractivity contribution in [3.05, 3.63) is 80.8 Å². The number of carbonyl (C=O) groups excluding carboxylic acids is 1. The summed E-state index contributed by atoms with van der Waals surface area (Å²) in [5, 5.41) is 11.4. The monoisotopic (exact) mass is 467 g/mol. The van der Waals surface area contributed by atoms with E-state index in [4.69, 9.17) is 49.0 Å². The number of ether oxygens (including phenoxy) is 3. The van der Waals surface area contributed by atoms with E-state index in [9.17, 15) is 14.9 Å². The molecule has 0 aliphatic rings. The minimum atomic E-state index is -0.703. The van der Waals surface area contributed by atoms with Gasteiger partial charge in [0.05, 0.1) is 9.95 Å². The third kappa shape index (κ3) is 5.54. The number of hydrogen-bond donors (Lipinski definition) is 0. The molecule has 0 N–H and O–H groups in total. The van der Waals surface area contributed by atoms with Crippen molar-refractivity contribution in [1.82, 2.24) is 0 Å². The van der Waals surface area contributed by atoms with Gasteiger partial charge in [0.25, 0.3) is 5.24 Å².